The van der Waals surface area contributed by atoms with Crippen LogP contribution in [0.25, 0.3) is 10.6 Å². The van der Waals surface area contributed by atoms with Crippen LogP contribution in [0.3, 0.4) is 0 Å². The molecule has 0 radical (unpaired) electrons. The predicted molar refractivity (Wildman–Crippen MR) is 91.2 cm³/mol. The fourth-order valence-electron chi connectivity index (χ4n) is 2.90. The zero-order chi connectivity index (χ0) is 16.3. The molecule has 1 aliphatic heterocycles. The number of nitrogens with zero attached hydrogens (tertiary/aromatic N) is 2. The van der Waals surface area contributed by atoms with Gasteiger partial charge in [0.15, 0.2) is 0 Å². The van der Waals surface area contributed by atoms with Crippen molar-refractivity contribution in [2.45, 2.75) is 31.8 Å². The predicted octanol–water partition coefficient (Wildman–Crippen LogP) is 2.87. The summed E-state index contributed by atoms with van der Waals surface area (Å²) in [6.07, 6.45) is 1.77. The molecule has 23 heavy (non-hydrogen) atoms. The molecule has 2 aromatic rings. The first-order chi connectivity index (χ1) is 11.1. The van der Waals surface area contributed by atoms with Gasteiger partial charge in [-0.1, -0.05) is 30.3 Å². The van der Waals surface area contributed by atoms with Crippen molar-refractivity contribution in [1.82, 2.24) is 15.2 Å². The molecule has 1 saturated heterocycles. The topological polar surface area (TPSA) is 65.5 Å². The lowest BCUT2D eigenvalue weighted by molar-refractivity contribution is 0.0972. The van der Waals surface area contributed by atoms with Crippen LogP contribution in [0.5, 0.6) is 0 Å². The van der Waals surface area contributed by atoms with Gasteiger partial charge >= 0.3 is 6.03 Å². The normalized spacial score (nSPS) is 20.7. The number of aliphatic hydroxyl groups is 1. The van der Waals surface area contributed by atoms with Crippen LogP contribution in [0, 0.1) is 0 Å². The summed E-state index contributed by atoms with van der Waals surface area (Å²) in [6.45, 7) is 3.01. The molecule has 0 spiro atoms. The van der Waals surface area contributed by atoms with Gasteiger partial charge in [-0.25, -0.2) is 9.78 Å². The third-order valence-electron chi connectivity index (χ3n) is 4.33. The summed E-state index contributed by atoms with van der Waals surface area (Å²) in [6, 6.07) is 9.87. The largest absolute Gasteiger partial charge is 0.394 e. The van der Waals surface area contributed by atoms with Gasteiger partial charge in [0.2, 0.25) is 0 Å². The lowest BCUT2D eigenvalue weighted by atomic mass is 10.0. The molecule has 0 aliphatic carbocycles. The summed E-state index contributed by atoms with van der Waals surface area (Å²) < 4.78 is 0. The van der Waals surface area contributed by atoms with Crippen LogP contribution in [0.1, 0.15) is 25.5 Å². The number of aliphatic hydroxyl groups excluding tert-OH is 1. The Morgan fingerprint density at radius 1 is 1.43 bits per heavy atom. The fourth-order valence-corrected chi connectivity index (χ4v) is 3.72. The third-order valence-corrected chi connectivity index (χ3v) is 5.27. The zero-order valence-electron chi connectivity index (χ0n) is 13.2. The first kappa shape index (κ1) is 16.0. The molecule has 0 bridgehead atoms. The quantitative estimate of drug-likeness (QED) is 0.905. The molecule has 1 aromatic heterocycles. The van der Waals surface area contributed by atoms with Crippen LogP contribution in [0.2, 0.25) is 0 Å². The van der Waals surface area contributed by atoms with Crippen molar-refractivity contribution in [3.63, 3.8) is 0 Å². The van der Waals surface area contributed by atoms with Gasteiger partial charge in [0.1, 0.15) is 5.01 Å². The second kappa shape index (κ2) is 6.68. The number of thiazole rings is 1. The maximum Gasteiger partial charge on any atom is 0.318 e. The van der Waals surface area contributed by atoms with E-state index in [-0.39, 0.29) is 12.6 Å². The van der Waals surface area contributed by atoms with Crippen molar-refractivity contribution >= 4 is 17.4 Å². The minimum absolute atomic E-state index is 0.00469. The highest BCUT2D eigenvalue weighted by Crippen LogP contribution is 2.28. The van der Waals surface area contributed by atoms with Gasteiger partial charge < -0.3 is 15.3 Å². The fraction of sp³-hybridized carbons (Fsp3) is 0.412. The second-order valence-corrected chi connectivity index (χ2v) is 6.94. The van der Waals surface area contributed by atoms with Crippen molar-refractivity contribution in [2.24, 2.45) is 0 Å². The molecule has 1 aliphatic rings. The van der Waals surface area contributed by atoms with Crippen molar-refractivity contribution in [1.29, 1.82) is 0 Å². The van der Waals surface area contributed by atoms with Crippen LogP contribution in [-0.2, 0) is 6.54 Å². The van der Waals surface area contributed by atoms with Crippen LogP contribution < -0.4 is 5.32 Å². The number of nitrogens with one attached hydrogen (secondary N) is 1. The molecular formula is C17H21N3O2S. The second-order valence-electron chi connectivity index (χ2n) is 6.08. The monoisotopic (exact) mass is 331 g/mol. The van der Waals surface area contributed by atoms with E-state index in [1.54, 1.807) is 16.2 Å². The summed E-state index contributed by atoms with van der Waals surface area (Å²) in [5.41, 5.74) is 1.50. The first-order valence-electron chi connectivity index (χ1n) is 7.78. The van der Waals surface area contributed by atoms with E-state index in [9.17, 15) is 9.90 Å². The van der Waals surface area contributed by atoms with Gasteiger partial charge in [-0.15, -0.1) is 11.3 Å². The molecule has 1 atom stereocenters. The molecule has 1 fully saturated rings. The standard InChI is InChI=1S/C17H21N3O2S/c1-17(12-21)8-5-9-20(17)16(22)18-10-14-11-23-15(19-14)13-6-3-2-4-7-13/h2-4,6-7,11,21H,5,8-10,12H2,1H3,(H,18,22)/t17-/m1/s1. The number of hydrogen-bond donors (Lipinski definition) is 2. The van der Waals surface area contributed by atoms with Crippen LogP contribution >= 0.6 is 11.3 Å². The van der Waals surface area contributed by atoms with Gasteiger partial charge in [0, 0.05) is 17.5 Å². The van der Waals surface area contributed by atoms with E-state index < -0.39 is 5.54 Å². The summed E-state index contributed by atoms with van der Waals surface area (Å²) in [4.78, 5) is 18.7. The molecule has 122 valence electrons. The molecule has 2 heterocycles. The first-order valence-corrected chi connectivity index (χ1v) is 8.66. The summed E-state index contributed by atoms with van der Waals surface area (Å²) in [7, 11) is 0. The SMILES string of the molecule is C[C@]1(CO)CCCN1C(=O)NCc1csc(-c2ccccc2)n1. The van der Waals surface area contributed by atoms with Crippen molar-refractivity contribution in [2.75, 3.05) is 13.2 Å². The van der Waals surface area contributed by atoms with E-state index in [0.29, 0.717) is 13.1 Å². The smallest absolute Gasteiger partial charge is 0.318 e. The van der Waals surface area contributed by atoms with Gasteiger partial charge in [0.05, 0.1) is 24.4 Å². The van der Waals surface area contributed by atoms with E-state index in [1.807, 2.05) is 42.6 Å². The maximum atomic E-state index is 12.3. The minimum Gasteiger partial charge on any atom is -0.394 e. The van der Waals surface area contributed by atoms with E-state index in [2.05, 4.69) is 10.3 Å². The van der Waals surface area contributed by atoms with Gasteiger partial charge in [-0.2, -0.15) is 0 Å². The number of amides is 2. The van der Waals surface area contributed by atoms with E-state index in [1.165, 1.54) is 0 Å². The molecule has 2 amide bonds. The highest BCUT2D eigenvalue weighted by atomic mass is 32.1. The third kappa shape index (κ3) is 3.38. The number of aromatic nitrogens is 1. The van der Waals surface area contributed by atoms with Crippen molar-refractivity contribution in [3.05, 3.63) is 41.4 Å². The molecule has 3 rings (SSSR count). The highest BCUT2D eigenvalue weighted by molar-refractivity contribution is 7.13. The Balaban J connectivity index is 1.61. The summed E-state index contributed by atoms with van der Waals surface area (Å²) >= 11 is 1.57. The molecule has 0 unspecified atom stereocenters. The number of urea groups is 1. The highest BCUT2D eigenvalue weighted by Gasteiger charge is 2.38. The van der Waals surface area contributed by atoms with Gasteiger partial charge in [-0.3, -0.25) is 0 Å². The van der Waals surface area contributed by atoms with Crippen molar-refractivity contribution < 1.29 is 9.90 Å². The number of likely N-dealkylation sites (tertiary alicyclic amines) is 1. The van der Waals surface area contributed by atoms with Gasteiger partial charge in [-0.05, 0) is 19.8 Å². The summed E-state index contributed by atoms with van der Waals surface area (Å²) in [5.74, 6) is 0. The Bertz CT molecular complexity index is 673. The van der Waals surface area contributed by atoms with E-state index in [4.69, 9.17) is 0 Å². The minimum atomic E-state index is -0.443. The number of benzene rings is 1. The average Bonchev–Trinajstić information content (AvgIpc) is 3.21. The lowest BCUT2D eigenvalue weighted by Crippen LogP contribution is -2.51. The van der Waals surface area contributed by atoms with Crippen LogP contribution in [0.15, 0.2) is 35.7 Å². The van der Waals surface area contributed by atoms with Crippen LogP contribution in [-0.4, -0.2) is 39.7 Å². The Labute approximate surface area is 140 Å². The number of rotatable bonds is 4. The number of carbonyl (C=O) groups is 1. The lowest BCUT2D eigenvalue weighted by Gasteiger charge is -2.33. The molecule has 2 N–H and O–H groups in total. The Morgan fingerprint density at radius 3 is 2.96 bits per heavy atom. The Kier molecular flexibility index (Phi) is 4.63. The van der Waals surface area contributed by atoms with Crippen molar-refractivity contribution in [3.8, 4) is 10.6 Å². The van der Waals surface area contributed by atoms with Crippen LogP contribution in [0.4, 0.5) is 4.79 Å². The molecule has 0 saturated carbocycles. The average molecular weight is 331 g/mol. The molecular weight excluding hydrogens is 310 g/mol. The number of hydrogen-bond acceptors (Lipinski definition) is 4. The van der Waals surface area contributed by atoms with E-state index in [0.717, 1.165) is 29.1 Å². The number of carbonyl (C=O) groups excluding carboxylic acids is 1. The zero-order valence-corrected chi connectivity index (χ0v) is 14.0. The van der Waals surface area contributed by atoms with Gasteiger partial charge in [0.25, 0.3) is 0 Å². The van der Waals surface area contributed by atoms with E-state index >= 15 is 0 Å². The maximum absolute atomic E-state index is 12.3. The summed E-state index contributed by atoms with van der Waals surface area (Å²) in [5, 5.41) is 15.4. The Hall–Kier alpha value is -1.92. The Morgan fingerprint density at radius 2 is 2.22 bits per heavy atom. The molecule has 5 nitrogen and oxygen atoms in total. The molecule has 6 heteroatoms. The molecule has 1 aromatic carbocycles.